The van der Waals surface area contributed by atoms with E-state index in [1.807, 2.05) is 6.07 Å². The van der Waals surface area contributed by atoms with Crippen molar-refractivity contribution < 1.29 is 9.72 Å². The zero-order chi connectivity index (χ0) is 15.9. The Morgan fingerprint density at radius 3 is 2.48 bits per heavy atom. The minimum Gasteiger partial charge on any atom is -0.384 e. The third kappa shape index (κ3) is 4.77. The highest BCUT2D eigenvalue weighted by Crippen LogP contribution is 2.24. The first-order valence-electron chi connectivity index (χ1n) is 6.95. The summed E-state index contributed by atoms with van der Waals surface area (Å²) < 4.78 is 0. The first-order valence-corrected chi connectivity index (χ1v) is 6.95. The predicted molar refractivity (Wildman–Crippen MR) is 92.4 cm³/mol. The van der Waals surface area contributed by atoms with Gasteiger partial charge in [0.05, 0.1) is 10.5 Å². The molecule has 0 aliphatic heterocycles. The minimum atomic E-state index is -0.508. The van der Waals surface area contributed by atoms with Crippen LogP contribution < -0.4 is 11.1 Å². The van der Waals surface area contributed by atoms with Crippen molar-refractivity contribution in [3.8, 4) is 0 Å². The molecule has 2 rings (SSSR count). The Morgan fingerprint density at radius 1 is 1.17 bits per heavy atom. The molecule has 23 heavy (non-hydrogen) atoms. The van der Waals surface area contributed by atoms with Crippen LogP contribution in [-0.2, 0) is 0 Å². The average molecular weight is 336 g/mol. The monoisotopic (exact) mass is 335 g/mol. The van der Waals surface area contributed by atoms with Crippen LogP contribution in [0.4, 0.5) is 11.4 Å². The maximum atomic E-state index is 12.6. The zero-order valence-corrected chi connectivity index (χ0v) is 13.2. The van der Waals surface area contributed by atoms with Crippen molar-refractivity contribution in [3.05, 3.63) is 69.8 Å². The summed E-state index contributed by atoms with van der Waals surface area (Å²) >= 11 is 0. The summed E-state index contributed by atoms with van der Waals surface area (Å²) in [6, 6.07) is 12.9. The number of carbonyl (C=O) groups excluding carboxylic acids is 1. The summed E-state index contributed by atoms with van der Waals surface area (Å²) in [7, 11) is 0. The largest absolute Gasteiger partial charge is 0.384 e. The summed E-state index contributed by atoms with van der Waals surface area (Å²) in [5.74, 6) is -0.250. The molecule has 0 fully saturated rings. The maximum absolute atomic E-state index is 12.6. The van der Waals surface area contributed by atoms with Gasteiger partial charge < -0.3 is 11.1 Å². The number of non-ortho nitro benzene ring substituents is 1. The molecule has 0 unspecified atom stereocenters. The lowest BCUT2D eigenvalue weighted by Crippen LogP contribution is -2.12. The fourth-order valence-corrected chi connectivity index (χ4v) is 2.06. The lowest BCUT2D eigenvalue weighted by Gasteiger charge is -2.11. The van der Waals surface area contributed by atoms with Gasteiger partial charge >= 0.3 is 0 Å². The van der Waals surface area contributed by atoms with Crippen LogP contribution in [0, 0.1) is 10.1 Å². The van der Waals surface area contributed by atoms with Gasteiger partial charge in [0.15, 0.2) is 5.78 Å². The number of nitrogens with zero attached hydrogens (tertiary/aromatic N) is 1. The second-order valence-corrected chi connectivity index (χ2v) is 4.75. The lowest BCUT2D eigenvalue weighted by atomic mass is 10.0. The third-order valence-corrected chi connectivity index (χ3v) is 3.19. The topological polar surface area (TPSA) is 98.3 Å². The van der Waals surface area contributed by atoms with Crippen LogP contribution in [0.2, 0.25) is 0 Å². The second-order valence-electron chi connectivity index (χ2n) is 4.75. The predicted octanol–water partition coefficient (Wildman–Crippen LogP) is 3.01. The van der Waals surface area contributed by atoms with Crippen LogP contribution in [0.15, 0.2) is 48.5 Å². The van der Waals surface area contributed by atoms with Crippen molar-refractivity contribution in [2.75, 3.05) is 18.4 Å². The summed E-state index contributed by atoms with van der Waals surface area (Å²) in [5.41, 5.74) is 6.70. The van der Waals surface area contributed by atoms with Crippen molar-refractivity contribution in [3.63, 3.8) is 0 Å². The van der Waals surface area contributed by atoms with Gasteiger partial charge in [-0.3, -0.25) is 14.9 Å². The van der Waals surface area contributed by atoms with E-state index in [9.17, 15) is 14.9 Å². The Hall–Kier alpha value is -2.44. The Morgan fingerprint density at radius 2 is 1.87 bits per heavy atom. The quantitative estimate of drug-likeness (QED) is 0.351. The molecule has 0 aromatic heterocycles. The molecule has 0 amide bonds. The molecule has 0 aliphatic rings. The van der Waals surface area contributed by atoms with E-state index < -0.39 is 4.92 Å². The van der Waals surface area contributed by atoms with E-state index in [1.165, 1.54) is 12.1 Å². The van der Waals surface area contributed by atoms with Crippen molar-refractivity contribution in [2.24, 2.45) is 5.73 Å². The van der Waals surface area contributed by atoms with Crippen LogP contribution in [-0.4, -0.2) is 23.8 Å². The maximum Gasteiger partial charge on any atom is 0.270 e. The molecule has 0 aliphatic carbocycles. The van der Waals surface area contributed by atoms with Crippen LogP contribution in [0.25, 0.3) is 0 Å². The molecule has 0 radical (unpaired) electrons. The Bertz CT molecular complexity index is 678. The van der Waals surface area contributed by atoms with E-state index in [2.05, 4.69) is 5.32 Å². The molecule has 0 atom stereocenters. The number of nitrogens with two attached hydrogens (primary N) is 1. The normalized spacial score (nSPS) is 9.78. The first-order chi connectivity index (χ1) is 10.6. The Kier molecular flexibility index (Phi) is 7.18. The van der Waals surface area contributed by atoms with Crippen molar-refractivity contribution >= 4 is 29.6 Å². The molecular formula is C16H18ClN3O3. The second kappa shape index (κ2) is 8.87. The SMILES string of the molecule is Cl.NCCCNc1ccc([N+](=O)[O-])cc1C(=O)c1ccccc1. The number of benzene rings is 2. The first kappa shape index (κ1) is 18.6. The highest BCUT2D eigenvalue weighted by Gasteiger charge is 2.17. The number of ketones is 1. The van der Waals surface area contributed by atoms with Crippen molar-refractivity contribution in [1.82, 2.24) is 0 Å². The molecule has 3 N–H and O–H groups in total. The molecule has 0 saturated carbocycles. The number of nitro benzene ring substituents is 1. The Balaban J connectivity index is 0.00000264. The number of nitrogens with one attached hydrogen (secondary N) is 1. The highest BCUT2D eigenvalue weighted by atomic mass is 35.5. The molecule has 6 nitrogen and oxygen atoms in total. The molecule has 0 heterocycles. The summed E-state index contributed by atoms with van der Waals surface area (Å²) in [5, 5.41) is 14.0. The number of hydrogen-bond donors (Lipinski definition) is 2. The minimum absolute atomic E-state index is 0. The van der Waals surface area contributed by atoms with Crippen LogP contribution >= 0.6 is 12.4 Å². The molecule has 2 aromatic rings. The third-order valence-electron chi connectivity index (χ3n) is 3.19. The van der Waals surface area contributed by atoms with E-state index in [-0.39, 0.29) is 29.4 Å². The van der Waals surface area contributed by atoms with E-state index in [0.717, 1.165) is 6.42 Å². The van der Waals surface area contributed by atoms with Crippen LogP contribution in [0.1, 0.15) is 22.3 Å². The highest BCUT2D eigenvalue weighted by molar-refractivity contribution is 6.12. The van der Waals surface area contributed by atoms with E-state index in [1.54, 1.807) is 30.3 Å². The molecular weight excluding hydrogens is 318 g/mol. The van der Waals surface area contributed by atoms with E-state index >= 15 is 0 Å². The number of rotatable bonds is 7. The molecule has 122 valence electrons. The fourth-order valence-electron chi connectivity index (χ4n) is 2.06. The van der Waals surface area contributed by atoms with Gasteiger partial charge in [0.2, 0.25) is 0 Å². The molecule has 0 spiro atoms. The molecule has 2 aromatic carbocycles. The smallest absolute Gasteiger partial charge is 0.270 e. The van der Waals surface area contributed by atoms with Crippen molar-refractivity contribution in [2.45, 2.75) is 6.42 Å². The molecule has 0 bridgehead atoms. The number of nitro groups is 1. The number of halogens is 1. The Labute approximate surface area is 140 Å². The van der Waals surface area contributed by atoms with Gasteiger partial charge in [-0.15, -0.1) is 12.4 Å². The van der Waals surface area contributed by atoms with Gasteiger partial charge in [-0.1, -0.05) is 30.3 Å². The van der Waals surface area contributed by atoms with Crippen molar-refractivity contribution in [1.29, 1.82) is 0 Å². The van der Waals surface area contributed by atoms with Gasteiger partial charge in [0, 0.05) is 29.9 Å². The number of carbonyl (C=O) groups is 1. The van der Waals surface area contributed by atoms with Gasteiger partial charge in [0.1, 0.15) is 0 Å². The standard InChI is InChI=1S/C16H17N3O3.ClH/c17-9-4-10-18-15-8-7-13(19(21)22)11-14(15)16(20)12-5-2-1-3-6-12;/h1-3,5-8,11,18H,4,9-10,17H2;1H. The summed E-state index contributed by atoms with van der Waals surface area (Å²) in [6.45, 7) is 1.13. The zero-order valence-electron chi connectivity index (χ0n) is 12.4. The lowest BCUT2D eigenvalue weighted by molar-refractivity contribution is -0.384. The van der Waals surface area contributed by atoms with Gasteiger partial charge in [-0.2, -0.15) is 0 Å². The van der Waals surface area contributed by atoms with E-state index in [0.29, 0.717) is 24.3 Å². The van der Waals surface area contributed by atoms with Gasteiger partial charge in [-0.05, 0) is 19.0 Å². The van der Waals surface area contributed by atoms with Gasteiger partial charge in [-0.25, -0.2) is 0 Å². The molecule has 7 heteroatoms. The van der Waals surface area contributed by atoms with Crippen LogP contribution in [0.3, 0.4) is 0 Å². The van der Waals surface area contributed by atoms with E-state index in [4.69, 9.17) is 5.73 Å². The number of anilines is 1. The van der Waals surface area contributed by atoms with Crippen LogP contribution in [0.5, 0.6) is 0 Å². The molecule has 0 saturated heterocycles. The average Bonchev–Trinajstić information content (AvgIpc) is 2.55. The van der Waals surface area contributed by atoms with Gasteiger partial charge in [0.25, 0.3) is 5.69 Å². The number of hydrogen-bond acceptors (Lipinski definition) is 5. The summed E-state index contributed by atoms with van der Waals surface area (Å²) in [6.07, 6.45) is 0.746. The fraction of sp³-hybridized carbons (Fsp3) is 0.188. The summed E-state index contributed by atoms with van der Waals surface area (Å²) in [4.78, 5) is 23.0.